The minimum atomic E-state index is -4.49. The summed E-state index contributed by atoms with van der Waals surface area (Å²) < 4.78 is 43.6. The smallest absolute Gasteiger partial charge is 0.416 e. The predicted octanol–water partition coefficient (Wildman–Crippen LogP) is 1.23. The van der Waals surface area contributed by atoms with Crippen molar-refractivity contribution in [2.45, 2.75) is 31.5 Å². The number of rotatable bonds is 4. The summed E-state index contributed by atoms with van der Waals surface area (Å²) in [4.78, 5) is 41.5. The van der Waals surface area contributed by atoms with Crippen molar-refractivity contribution < 1.29 is 32.3 Å². The Morgan fingerprint density at radius 1 is 1.27 bits per heavy atom. The van der Waals surface area contributed by atoms with Gasteiger partial charge in [0.15, 0.2) is 0 Å². The fourth-order valence-electron chi connectivity index (χ4n) is 2.91. The second-order valence-corrected chi connectivity index (χ2v) is 6.12. The van der Waals surface area contributed by atoms with Crippen LogP contribution in [0, 0.1) is 0 Å². The van der Waals surface area contributed by atoms with Gasteiger partial charge in [0.2, 0.25) is 23.6 Å². The first-order valence-corrected chi connectivity index (χ1v) is 8.05. The number of pyridine rings is 1. The van der Waals surface area contributed by atoms with E-state index in [0.29, 0.717) is 13.0 Å². The van der Waals surface area contributed by atoms with Crippen molar-refractivity contribution in [3.63, 3.8) is 0 Å². The maximum absolute atomic E-state index is 12.7. The van der Waals surface area contributed by atoms with Crippen LogP contribution in [0.4, 0.5) is 13.2 Å². The van der Waals surface area contributed by atoms with Gasteiger partial charge in [-0.3, -0.25) is 19.3 Å². The summed E-state index contributed by atoms with van der Waals surface area (Å²) in [6.07, 6.45) is -3.34. The van der Waals surface area contributed by atoms with E-state index in [-0.39, 0.29) is 43.6 Å². The third-order valence-electron chi connectivity index (χ3n) is 4.30. The van der Waals surface area contributed by atoms with E-state index in [2.05, 4.69) is 4.98 Å². The summed E-state index contributed by atoms with van der Waals surface area (Å²) >= 11 is 0. The Labute approximate surface area is 146 Å². The summed E-state index contributed by atoms with van der Waals surface area (Å²) in [6, 6.07) is 1.66. The van der Waals surface area contributed by atoms with Crippen molar-refractivity contribution in [2.75, 3.05) is 19.6 Å². The zero-order valence-corrected chi connectivity index (χ0v) is 13.7. The van der Waals surface area contributed by atoms with E-state index in [1.165, 1.54) is 4.90 Å². The van der Waals surface area contributed by atoms with Crippen molar-refractivity contribution in [1.82, 2.24) is 14.8 Å². The summed E-state index contributed by atoms with van der Waals surface area (Å²) in [5.41, 5.74) is -0.862. The molecule has 0 aromatic carbocycles. The number of hydrogen-bond donors (Lipinski definition) is 0. The zero-order valence-electron chi connectivity index (χ0n) is 13.7. The van der Waals surface area contributed by atoms with Gasteiger partial charge < -0.3 is 9.64 Å². The molecule has 3 amide bonds. The molecule has 2 saturated heterocycles. The summed E-state index contributed by atoms with van der Waals surface area (Å²) in [5, 5.41) is 0. The van der Waals surface area contributed by atoms with Crippen molar-refractivity contribution in [3.05, 3.63) is 23.9 Å². The molecule has 0 N–H and O–H groups in total. The molecule has 3 heterocycles. The Kier molecular flexibility index (Phi) is 4.84. The van der Waals surface area contributed by atoms with Gasteiger partial charge in [-0.05, 0) is 6.07 Å². The molecule has 2 fully saturated rings. The highest BCUT2D eigenvalue weighted by Gasteiger charge is 2.35. The molecule has 2 aliphatic heterocycles. The van der Waals surface area contributed by atoms with Gasteiger partial charge >= 0.3 is 6.18 Å². The summed E-state index contributed by atoms with van der Waals surface area (Å²) in [6.45, 7) is 0.178. The molecule has 0 bridgehead atoms. The molecule has 1 atom stereocenters. The average molecular weight is 371 g/mol. The fourth-order valence-corrected chi connectivity index (χ4v) is 2.91. The van der Waals surface area contributed by atoms with Crippen LogP contribution in [0.2, 0.25) is 0 Å². The molecule has 3 rings (SSSR count). The number of hydrogen-bond acceptors (Lipinski definition) is 5. The van der Waals surface area contributed by atoms with Crippen LogP contribution in [0.15, 0.2) is 18.3 Å². The highest BCUT2D eigenvalue weighted by atomic mass is 19.4. The molecule has 0 spiro atoms. The van der Waals surface area contributed by atoms with Gasteiger partial charge in [0, 0.05) is 38.1 Å². The molecule has 1 aromatic rings. The summed E-state index contributed by atoms with van der Waals surface area (Å²) in [5.74, 6) is -1.30. The summed E-state index contributed by atoms with van der Waals surface area (Å²) in [7, 11) is 0. The topological polar surface area (TPSA) is 79.8 Å². The normalized spacial score (nSPS) is 20.8. The molecular formula is C16H16F3N3O4. The van der Waals surface area contributed by atoms with Gasteiger partial charge in [0.25, 0.3) is 0 Å². The standard InChI is InChI=1S/C16H16F3N3O4/c17-16(18,19)10-3-5-20-12(7-10)26-11-4-6-21(8-11)15(25)9-22-13(23)1-2-14(22)24/h3,5,7,11H,1-2,4,6,8-9H2. The Morgan fingerprint density at radius 3 is 2.62 bits per heavy atom. The number of nitrogens with zero attached hydrogens (tertiary/aromatic N) is 3. The van der Waals surface area contributed by atoms with Crippen LogP contribution in [0.5, 0.6) is 5.88 Å². The lowest BCUT2D eigenvalue weighted by molar-refractivity contribution is -0.145. The lowest BCUT2D eigenvalue weighted by Gasteiger charge is -2.20. The first kappa shape index (κ1) is 18.2. The molecule has 2 aliphatic rings. The Bertz CT molecular complexity index is 722. The van der Waals surface area contributed by atoms with Crippen LogP contribution in [-0.2, 0) is 20.6 Å². The van der Waals surface area contributed by atoms with Crippen LogP contribution in [-0.4, -0.2) is 58.2 Å². The van der Waals surface area contributed by atoms with Crippen LogP contribution in [0.3, 0.4) is 0 Å². The molecule has 10 heteroatoms. The van der Waals surface area contributed by atoms with E-state index in [4.69, 9.17) is 4.74 Å². The van der Waals surface area contributed by atoms with E-state index in [1.54, 1.807) is 0 Å². The molecule has 1 unspecified atom stereocenters. The second kappa shape index (κ2) is 6.93. The van der Waals surface area contributed by atoms with Crippen molar-refractivity contribution in [3.8, 4) is 5.88 Å². The highest BCUT2D eigenvalue weighted by Crippen LogP contribution is 2.31. The molecule has 0 radical (unpaired) electrons. The SMILES string of the molecule is O=C(CN1C(=O)CCC1=O)N1CCC(Oc2cc(C(F)(F)F)ccn2)C1. The molecule has 26 heavy (non-hydrogen) atoms. The zero-order chi connectivity index (χ0) is 18.9. The number of carbonyl (C=O) groups excluding carboxylic acids is 3. The minimum Gasteiger partial charge on any atom is -0.472 e. The lowest BCUT2D eigenvalue weighted by atomic mass is 10.2. The van der Waals surface area contributed by atoms with Gasteiger partial charge in [-0.15, -0.1) is 0 Å². The Balaban J connectivity index is 1.56. The third kappa shape index (κ3) is 3.94. The Morgan fingerprint density at radius 2 is 1.96 bits per heavy atom. The number of imide groups is 1. The number of alkyl halides is 3. The number of halogens is 3. The van der Waals surface area contributed by atoms with Gasteiger partial charge in [0.1, 0.15) is 12.6 Å². The molecule has 0 aliphatic carbocycles. The number of likely N-dealkylation sites (tertiary alicyclic amines) is 2. The maximum atomic E-state index is 12.7. The second-order valence-electron chi connectivity index (χ2n) is 6.12. The molecule has 140 valence electrons. The minimum absolute atomic E-state index is 0.110. The maximum Gasteiger partial charge on any atom is 0.416 e. The molecular weight excluding hydrogens is 355 g/mol. The highest BCUT2D eigenvalue weighted by molar-refractivity contribution is 6.04. The third-order valence-corrected chi connectivity index (χ3v) is 4.30. The average Bonchev–Trinajstić information content (AvgIpc) is 3.16. The number of carbonyl (C=O) groups is 3. The van der Waals surface area contributed by atoms with Crippen LogP contribution >= 0.6 is 0 Å². The van der Waals surface area contributed by atoms with Crippen LogP contribution in [0.25, 0.3) is 0 Å². The first-order valence-electron chi connectivity index (χ1n) is 8.05. The van der Waals surface area contributed by atoms with Crippen LogP contribution in [0.1, 0.15) is 24.8 Å². The quantitative estimate of drug-likeness (QED) is 0.744. The largest absolute Gasteiger partial charge is 0.472 e. The van der Waals surface area contributed by atoms with Gasteiger partial charge in [0.05, 0.1) is 12.1 Å². The Hall–Kier alpha value is -2.65. The molecule has 1 aromatic heterocycles. The van der Waals surface area contributed by atoms with Gasteiger partial charge in [-0.1, -0.05) is 0 Å². The molecule has 0 saturated carbocycles. The van der Waals surface area contributed by atoms with Gasteiger partial charge in [-0.2, -0.15) is 13.2 Å². The van der Waals surface area contributed by atoms with Crippen molar-refractivity contribution >= 4 is 17.7 Å². The van der Waals surface area contributed by atoms with E-state index < -0.39 is 23.8 Å². The fraction of sp³-hybridized carbons (Fsp3) is 0.500. The van der Waals surface area contributed by atoms with Crippen LogP contribution < -0.4 is 4.74 Å². The van der Waals surface area contributed by atoms with E-state index >= 15 is 0 Å². The monoisotopic (exact) mass is 371 g/mol. The lowest BCUT2D eigenvalue weighted by Crippen LogP contribution is -2.42. The van der Waals surface area contributed by atoms with E-state index in [0.717, 1.165) is 23.2 Å². The van der Waals surface area contributed by atoms with Crippen molar-refractivity contribution in [1.29, 1.82) is 0 Å². The number of aromatic nitrogens is 1. The number of amides is 3. The van der Waals surface area contributed by atoms with E-state index in [1.807, 2.05) is 0 Å². The predicted molar refractivity (Wildman–Crippen MR) is 80.8 cm³/mol. The van der Waals surface area contributed by atoms with E-state index in [9.17, 15) is 27.6 Å². The molecule has 7 nitrogen and oxygen atoms in total. The van der Waals surface area contributed by atoms with Gasteiger partial charge in [-0.25, -0.2) is 4.98 Å². The number of ether oxygens (including phenoxy) is 1. The van der Waals surface area contributed by atoms with Crippen molar-refractivity contribution in [2.24, 2.45) is 0 Å². The first-order chi connectivity index (χ1) is 12.2.